The zero-order chi connectivity index (χ0) is 11.5. The number of benzene rings is 1. The number of carbonyl (C=O) groups is 1. The molecular formula is C12H15BrN2O. The molecule has 0 aromatic heterocycles. The normalized spacial score (nSPS) is 15.6. The number of halogens is 1. The predicted molar refractivity (Wildman–Crippen MR) is 67.0 cm³/mol. The molecule has 1 aliphatic heterocycles. The molecule has 86 valence electrons. The van der Waals surface area contributed by atoms with E-state index in [0.29, 0.717) is 6.54 Å². The van der Waals surface area contributed by atoms with Crippen LogP contribution in [0.25, 0.3) is 0 Å². The SMILES string of the molecule is CN(Cc1ccccc1Br)C(=O)C1CNC1. The van der Waals surface area contributed by atoms with E-state index in [9.17, 15) is 4.79 Å². The highest BCUT2D eigenvalue weighted by Crippen LogP contribution is 2.18. The van der Waals surface area contributed by atoms with Crippen LogP contribution < -0.4 is 5.32 Å². The van der Waals surface area contributed by atoms with Crippen LogP contribution >= 0.6 is 15.9 Å². The summed E-state index contributed by atoms with van der Waals surface area (Å²) in [6, 6.07) is 8.00. The third kappa shape index (κ3) is 2.44. The summed E-state index contributed by atoms with van der Waals surface area (Å²) in [4.78, 5) is 13.7. The first kappa shape index (κ1) is 11.6. The molecular weight excluding hydrogens is 268 g/mol. The van der Waals surface area contributed by atoms with Crippen molar-refractivity contribution in [2.45, 2.75) is 6.54 Å². The Morgan fingerprint density at radius 1 is 1.50 bits per heavy atom. The third-order valence-corrected chi connectivity index (χ3v) is 3.65. The summed E-state index contributed by atoms with van der Waals surface area (Å²) in [5.41, 5.74) is 1.14. The first-order valence-corrected chi connectivity index (χ1v) is 6.17. The molecule has 0 bridgehead atoms. The molecule has 1 aliphatic rings. The zero-order valence-corrected chi connectivity index (χ0v) is 10.8. The Morgan fingerprint density at radius 3 is 2.75 bits per heavy atom. The molecule has 0 radical (unpaired) electrons. The van der Waals surface area contributed by atoms with Crippen molar-refractivity contribution in [3.05, 3.63) is 34.3 Å². The lowest BCUT2D eigenvalue weighted by Gasteiger charge is -2.30. The highest BCUT2D eigenvalue weighted by atomic mass is 79.9. The molecule has 0 saturated carbocycles. The van der Waals surface area contributed by atoms with Crippen LogP contribution in [0.1, 0.15) is 5.56 Å². The molecule has 16 heavy (non-hydrogen) atoms. The standard InChI is InChI=1S/C12H15BrN2O/c1-15(12(16)10-6-14-7-10)8-9-4-2-3-5-11(9)13/h2-5,10,14H,6-8H2,1H3. The maximum Gasteiger partial charge on any atom is 0.228 e. The summed E-state index contributed by atoms with van der Waals surface area (Å²) in [5.74, 6) is 0.405. The van der Waals surface area contributed by atoms with Gasteiger partial charge in [0.15, 0.2) is 0 Å². The van der Waals surface area contributed by atoms with Gasteiger partial charge < -0.3 is 10.2 Å². The molecule has 1 aromatic carbocycles. The van der Waals surface area contributed by atoms with E-state index in [0.717, 1.165) is 23.1 Å². The van der Waals surface area contributed by atoms with Crippen LogP contribution in [0.4, 0.5) is 0 Å². The lowest BCUT2D eigenvalue weighted by molar-refractivity contribution is -0.136. The Labute approximate surface area is 104 Å². The Kier molecular flexibility index (Phi) is 3.61. The zero-order valence-electron chi connectivity index (χ0n) is 9.24. The summed E-state index contributed by atoms with van der Waals surface area (Å²) in [6.45, 7) is 2.30. The quantitative estimate of drug-likeness (QED) is 0.914. The van der Waals surface area contributed by atoms with Gasteiger partial charge in [0.2, 0.25) is 5.91 Å². The fraction of sp³-hybridized carbons (Fsp3) is 0.417. The van der Waals surface area contributed by atoms with E-state index in [4.69, 9.17) is 0 Å². The fourth-order valence-electron chi connectivity index (χ4n) is 1.74. The molecule has 1 fully saturated rings. The van der Waals surface area contributed by atoms with Gasteiger partial charge in [-0.05, 0) is 11.6 Å². The van der Waals surface area contributed by atoms with E-state index >= 15 is 0 Å². The number of rotatable bonds is 3. The van der Waals surface area contributed by atoms with Crippen molar-refractivity contribution in [3.8, 4) is 0 Å². The summed E-state index contributed by atoms with van der Waals surface area (Å²) < 4.78 is 1.06. The van der Waals surface area contributed by atoms with Crippen molar-refractivity contribution in [2.24, 2.45) is 5.92 Å². The molecule has 0 aliphatic carbocycles. The maximum absolute atomic E-state index is 11.9. The average molecular weight is 283 g/mol. The van der Waals surface area contributed by atoms with Crippen LogP contribution in [0.5, 0.6) is 0 Å². The minimum atomic E-state index is 0.174. The van der Waals surface area contributed by atoms with E-state index in [2.05, 4.69) is 21.2 Å². The van der Waals surface area contributed by atoms with Gasteiger partial charge in [0.25, 0.3) is 0 Å². The second-order valence-corrected chi connectivity index (χ2v) is 5.00. The molecule has 0 unspecified atom stereocenters. The highest BCUT2D eigenvalue weighted by Gasteiger charge is 2.27. The lowest BCUT2D eigenvalue weighted by atomic mass is 10.0. The van der Waals surface area contributed by atoms with Gasteiger partial charge in [-0.2, -0.15) is 0 Å². The molecule has 0 spiro atoms. The number of nitrogens with zero attached hydrogens (tertiary/aromatic N) is 1. The smallest absolute Gasteiger partial charge is 0.228 e. The third-order valence-electron chi connectivity index (χ3n) is 2.87. The first-order valence-electron chi connectivity index (χ1n) is 5.37. The van der Waals surface area contributed by atoms with E-state index < -0.39 is 0 Å². The minimum Gasteiger partial charge on any atom is -0.341 e. The number of hydrogen-bond acceptors (Lipinski definition) is 2. The van der Waals surface area contributed by atoms with Crippen molar-refractivity contribution in [2.75, 3.05) is 20.1 Å². The molecule has 1 heterocycles. The summed E-state index contributed by atoms with van der Waals surface area (Å²) in [7, 11) is 1.86. The van der Waals surface area contributed by atoms with Crippen molar-refractivity contribution >= 4 is 21.8 Å². The Morgan fingerprint density at radius 2 is 2.19 bits per heavy atom. The number of nitrogens with one attached hydrogen (secondary N) is 1. The van der Waals surface area contributed by atoms with Crippen molar-refractivity contribution in [1.82, 2.24) is 10.2 Å². The molecule has 3 nitrogen and oxygen atoms in total. The van der Waals surface area contributed by atoms with Crippen LogP contribution in [0.15, 0.2) is 28.7 Å². The van der Waals surface area contributed by atoms with E-state index in [1.807, 2.05) is 31.3 Å². The van der Waals surface area contributed by atoms with Gasteiger partial charge in [-0.25, -0.2) is 0 Å². The van der Waals surface area contributed by atoms with Gasteiger partial charge in [-0.15, -0.1) is 0 Å². The molecule has 2 rings (SSSR count). The van der Waals surface area contributed by atoms with Gasteiger partial charge in [0, 0.05) is 31.2 Å². The number of amides is 1. The summed E-state index contributed by atoms with van der Waals surface area (Å²) in [6.07, 6.45) is 0. The summed E-state index contributed by atoms with van der Waals surface area (Å²) in [5, 5.41) is 3.12. The van der Waals surface area contributed by atoms with Crippen LogP contribution in [0.3, 0.4) is 0 Å². The van der Waals surface area contributed by atoms with Crippen LogP contribution in [0, 0.1) is 5.92 Å². The second-order valence-electron chi connectivity index (χ2n) is 4.14. The van der Waals surface area contributed by atoms with Crippen LogP contribution in [-0.2, 0) is 11.3 Å². The topological polar surface area (TPSA) is 32.3 Å². The average Bonchev–Trinajstić information content (AvgIpc) is 2.18. The fourth-order valence-corrected chi connectivity index (χ4v) is 2.15. The number of carbonyl (C=O) groups excluding carboxylic acids is 1. The predicted octanol–water partition coefficient (Wildman–Crippen LogP) is 1.63. The monoisotopic (exact) mass is 282 g/mol. The first-order chi connectivity index (χ1) is 7.68. The number of hydrogen-bond donors (Lipinski definition) is 1. The van der Waals surface area contributed by atoms with Gasteiger partial charge in [-0.1, -0.05) is 34.1 Å². The molecule has 4 heteroatoms. The van der Waals surface area contributed by atoms with Gasteiger partial charge in [-0.3, -0.25) is 4.79 Å². The maximum atomic E-state index is 11.9. The van der Waals surface area contributed by atoms with E-state index in [-0.39, 0.29) is 11.8 Å². The summed E-state index contributed by atoms with van der Waals surface area (Å²) >= 11 is 3.49. The van der Waals surface area contributed by atoms with Gasteiger partial charge >= 0.3 is 0 Å². The Bertz CT molecular complexity index is 390. The van der Waals surface area contributed by atoms with E-state index in [1.54, 1.807) is 4.90 Å². The lowest BCUT2D eigenvalue weighted by Crippen LogP contribution is -2.51. The van der Waals surface area contributed by atoms with Crippen LogP contribution in [-0.4, -0.2) is 30.9 Å². The Hall–Kier alpha value is -0.870. The van der Waals surface area contributed by atoms with Crippen molar-refractivity contribution in [1.29, 1.82) is 0 Å². The largest absolute Gasteiger partial charge is 0.341 e. The second kappa shape index (κ2) is 4.97. The molecule has 1 N–H and O–H groups in total. The van der Waals surface area contributed by atoms with Crippen LogP contribution in [0.2, 0.25) is 0 Å². The molecule has 1 saturated heterocycles. The minimum absolute atomic E-state index is 0.174. The van der Waals surface area contributed by atoms with E-state index in [1.165, 1.54) is 0 Å². The van der Waals surface area contributed by atoms with Gasteiger partial charge in [0.1, 0.15) is 0 Å². The highest BCUT2D eigenvalue weighted by molar-refractivity contribution is 9.10. The molecule has 0 atom stereocenters. The molecule has 1 aromatic rings. The molecule has 1 amide bonds. The Balaban J connectivity index is 1.98. The van der Waals surface area contributed by atoms with Crippen molar-refractivity contribution in [3.63, 3.8) is 0 Å². The van der Waals surface area contributed by atoms with Crippen molar-refractivity contribution < 1.29 is 4.79 Å². The van der Waals surface area contributed by atoms with Gasteiger partial charge in [0.05, 0.1) is 5.92 Å².